The van der Waals surface area contributed by atoms with Crippen molar-refractivity contribution in [3.05, 3.63) is 47.0 Å². The minimum atomic E-state index is 0.458. The molecule has 0 atom stereocenters. The highest BCUT2D eigenvalue weighted by molar-refractivity contribution is 6.10. The van der Waals surface area contributed by atoms with E-state index in [0.29, 0.717) is 11.4 Å². The molecule has 2 N–H and O–H groups in total. The van der Waals surface area contributed by atoms with Crippen LogP contribution in [0.2, 0.25) is 0 Å². The maximum Gasteiger partial charge on any atom is 0.0615 e. The van der Waals surface area contributed by atoms with Gasteiger partial charge in [-0.25, -0.2) is 0 Å². The molecule has 0 bridgehead atoms. The van der Waals surface area contributed by atoms with E-state index in [1.54, 1.807) is 19.1 Å². The molecule has 78 valence electrons. The largest absolute Gasteiger partial charge is 0.306 e. The second-order valence-electron chi connectivity index (χ2n) is 3.75. The van der Waals surface area contributed by atoms with Gasteiger partial charge in [-0.2, -0.15) is 0 Å². The molecule has 0 fully saturated rings. The molecule has 2 heteroatoms. The first-order valence-corrected chi connectivity index (χ1v) is 4.90. The fraction of sp³-hybridized carbons (Fsp3) is 0.231. The first-order valence-electron chi connectivity index (χ1n) is 4.90. The summed E-state index contributed by atoms with van der Waals surface area (Å²) in [5.41, 5.74) is 4.16. The van der Waals surface area contributed by atoms with Crippen molar-refractivity contribution in [2.45, 2.75) is 20.8 Å². The van der Waals surface area contributed by atoms with E-state index in [1.165, 1.54) is 5.56 Å². The van der Waals surface area contributed by atoms with Gasteiger partial charge in [0.1, 0.15) is 0 Å². The molecule has 0 aliphatic rings. The van der Waals surface area contributed by atoms with Gasteiger partial charge >= 0.3 is 0 Å². The zero-order valence-corrected chi connectivity index (χ0v) is 9.39. The Morgan fingerprint density at radius 3 is 2.33 bits per heavy atom. The van der Waals surface area contributed by atoms with E-state index in [-0.39, 0.29) is 0 Å². The summed E-state index contributed by atoms with van der Waals surface area (Å²) in [4.78, 5) is 0. The zero-order valence-electron chi connectivity index (χ0n) is 9.39. The molecule has 1 aromatic rings. The summed E-state index contributed by atoms with van der Waals surface area (Å²) >= 11 is 0. The van der Waals surface area contributed by atoms with Crippen LogP contribution < -0.4 is 0 Å². The number of nitrogens with one attached hydrogen (secondary N) is 2. The topological polar surface area (TPSA) is 47.7 Å². The van der Waals surface area contributed by atoms with Crippen molar-refractivity contribution in [1.82, 2.24) is 0 Å². The lowest BCUT2D eigenvalue weighted by Crippen LogP contribution is -1.99. The van der Waals surface area contributed by atoms with Gasteiger partial charge in [0.2, 0.25) is 0 Å². The van der Waals surface area contributed by atoms with Crippen molar-refractivity contribution in [1.29, 1.82) is 10.8 Å². The third-order valence-corrected chi connectivity index (χ3v) is 2.17. The number of hydrogen-bond donors (Lipinski definition) is 2. The summed E-state index contributed by atoms with van der Waals surface area (Å²) in [6.45, 7) is 5.74. The zero-order chi connectivity index (χ0) is 11.4. The Bertz CT molecular complexity index is 428. The third-order valence-electron chi connectivity index (χ3n) is 2.17. The van der Waals surface area contributed by atoms with Crippen molar-refractivity contribution in [3.63, 3.8) is 0 Å². The van der Waals surface area contributed by atoms with Crippen LogP contribution >= 0.6 is 0 Å². The summed E-state index contributed by atoms with van der Waals surface area (Å²) in [5, 5.41) is 15.1. The van der Waals surface area contributed by atoms with Gasteiger partial charge in [0.05, 0.1) is 5.71 Å². The molecule has 0 saturated heterocycles. The SMILES string of the molecule is CC(=N)/C=C\C(=N)c1ccc(C)cc1C. The first-order chi connectivity index (χ1) is 7.00. The van der Waals surface area contributed by atoms with Gasteiger partial charge in [0, 0.05) is 11.3 Å². The second kappa shape index (κ2) is 4.69. The van der Waals surface area contributed by atoms with Crippen LogP contribution in [0.5, 0.6) is 0 Å². The monoisotopic (exact) mass is 200 g/mol. The Morgan fingerprint density at radius 1 is 1.13 bits per heavy atom. The average molecular weight is 200 g/mol. The number of rotatable bonds is 3. The number of aryl methyl sites for hydroxylation is 2. The number of allylic oxidation sites excluding steroid dienone is 2. The van der Waals surface area contributed by atoms with E-state index in [0.717, 1.165) is 11.1 Å². The molecule has 0 aliphatic heterocycles. The van der Waals surface area contributed by atoms with Crippen molar-refractivity contribution in [2.75, 3.05) is 0 Å². The molecular weight excluding hydrogens is 184 g/mol. The summed E-state index contributed by atoms with van der Waals surface area (Å²) < 4.78 is 0. The molecule has 15 heavy (non-hydrogen) atoms. The van der Waals surface area contributed by atoms with Gasteiger partial charge in [0.25, 0.3) is 0 Å². The van der Waals surface area contributed by atoms with Gasteiger partial charge in [-0.05, 0) is 38.5 Å². The second-order valence-corrected chi connectivity index (χ2v) is 3.75. The molecule has 0 unspecified atom stereocenters. The Labute approximate surface area is 90.7 Å². The van der Waals surface area contributed by atoms with Gasteiger partial charge in [-0.1, -0.05) is 23.8 Å². The van der Waals surface area contributed by atoms with Crippen LogP contribution in [0.4, 0.5) is 0 Å². The highest BCUT2D eigenvalue weighted by Gasteiger charge is 2.01. The lowest BCUT2D eigenvalue weighted by atomic mass is 10.0. The van der Waals surface area contributed by atoms with Crippen molar-refractivity contribution < 1.29 is 0 Å². The smallest absolute Gasteiger partial charge is 0.0615 e. The number of hydrogen-bond acceptors (Lipinski definition) is 2. The summed E-state index contributed by atoms with van der Waals surface area (Å²) in [5.74, 6) is 0. The molecule has 0 aromatic heterocycles. The Balaban J connectivity index is 2.97. The molecular formula is C13H16N2. The predicted molar refractivity (Wildman–Crippen MR) is 65.3 cm³/mol. The lowest BCUT2D eigenvalue weighted by molar-refractivity contribution is 1.35. The van der Waals surface area contributed by atoms with Crippen LogP contribution in [0.25, 0.3) is 0 Å². The molecule has 1 aromatic carbocycles. The first kappa shape index (κ1) is 11.4. The highest BCUT2D eigenvalue weighted by Crippen LogP contribution is 2.11. The van der Waals surface area contributed by atoms with Gasteiger partial charge in [0.15, 0.2) is 0 Å². The number of benzene rings is 1. The predicted octanol–water partition coefficient (Wildman–Crippen LogP) is 3.27. The maximum absolute atomic E-state index is 7.85. The molecule has 2 nitrogen and oxygen atoms in total. The Hall–Kier alpha value is -1.70. The maximum atomic E-state index is 7.85. The molecule has 0 radical (unpaired) electrons. The van der Waals surface area contributed by atoms with Crippen LogP contribution in [0.15, 0.2) is 30.4 Å². The van der Waals surface area contributed by atoms with Crippen LogP contribution in [0.1, 0.15) is 23.6 Å². The quantitative estimate of drug-likeness (QED) is 0.704. The fourth-order valence-corrected chi connectivity index (χ4v) is 1.41. The van der Waals surface area contributed by atoms with Gasteiger partial charge in [-0.15, -0.1) is 0 Å². The molecule has 1 rings (SSSR count). The Morgan fingerprint density at radius 2 is 1.80 bits per heavy atom. The van der Waals surface area contributed by atoms with Gasteiger partial charge in [-0.3, -0.25) is 0 Å². The lowest BCUT2D eigenvalue weighted by Gasteiger charge is -2.04. The third kappa shape index (κ3) is 3.17. The van der Waals surface area contributed by atoms with E-state index in [2.05, 4.69) is 6.07 Å². The van der Waals surface area contributed by atoms with Crippen molar-refractivity contribution >= 4 is 11.4 Å². The van der Waals surface area contributed by atoms with Crippen molar-refractivity contribution in [3.8, 4) is 0 Å². The van der Waals surface area contributed by atoms with Crippen LogP contribution in [-0.4, -0.2) is 11.4 Å². The minimum absolute atomic E-state index is 0.458. The van der Waals surface area contributed by atoms with E-state index in [1.807, 2.05) is 26.0 Å². The van der Waals surface area contributed by atoms with Gasteiger partial charge < -0.3 is 10.8 Å². The minimum Gasteiger partial charge on any atom is -0.306 e. The normalized spacial score (nSPS) is 10.6. The summed E-state index contributed by atoms with van der Waals surface area (Å²) in [6.07, 6.45) is 3.31. The van der Waals surface area contributed by atoms with Crippen LogP contribution in [0, 0.1) is 24.7 Å². The average Bonchev–Trinajstić information content (AvgIpc) is 2.14. The standard InChI is InChI=1S/C13H16N2/c1-9-4-6-12(10(2)8-9)13(15)7-5-11(3)14/h4-8,14-15H,1-3H3/b7-5-,14-11?,15-13?. The van der Waals surface area contributed by atoms with Crippen molar-refractivity contribution in [2.24, 2.45) is 0 Å². The van der Waals surface area contributed by atoms with E-state index < -0.39 is 0 Å². The highest BCUT2D eigenvalue weighted by atomic mass is 14.4. The molecule has 0 heterocycles. The van der Waals surface area contributed by atoms with E-state index in [4.69, 9.17) is 10.8 Å². The van der Waals surface area contributed by atoms with Crippen LogP contribution in [-0.2, 0) is 0 Å². The fourth-order valence-electron chi connectivity index (χ4n) is 1.41. The molecule has 0 amide bonds. The molecule has 0 aliphatic carbocycles. The molecule has 0 spiro atoms. The van der Waals surface area contributed by atoms with Crippen LogP contribution in [0.3, 0.4) is 0 Å². The Kier molecular flexibility index (Phi) is 3.56. The van der Waals surface area contributed by atoms with E-state index in [9.17, 15) is 0 Å². The molecule has 0 saturated carbocycles. The van der Waals surface area contributed by atoms with E-state index >= 15 is 0 Å². The summed E-state index contributed by atoms with van der Waals surface area (Å²) in [6, 6.07) is 6.02. The summed E-state index contributed by atoms with van der Waals surface area (Å²) in [7, 11) is 0.